The second kappa shape index (κ2) is 10.2. The lowest BCUT2D eigenvalue weighted by Gasteiger charge is -2.41. The van der Waals surface area contributed by atoms with Gasteiger partial charge in [-0.2, -0.15) is 5.26 Å². The smallest absolute Gasteiger partial charge is 0.270 e. The summed E-state index contributed by atoms with van der Waals surface area (Å²) < 4.78 is 20.8. The van der Waals surface area contributed by atoms with Gasteiger partial charge in [0.05, 0.1) is 18.3 Å². The van der Waals surface area contributed by atoms with Crippen LogP contribution in [-0.2, 0) is 7.05 Å². The Bertz CT molecular complexity index is 1420. The third-order valence-electron chi connectivity index (χ3n) is 7.92. The van der Waals surface area contributed by atoms with E-state index in [9.17, 15) is 14.4 Å². The molecule has 0 N–H and O–H groups in total. The zero-order chi connectivity index (χ0) is 26.3. The van der Waals surface area contributed by atoms with Gasteiger partial charge in [-0.25, -0.2) is 9.37 Å². The quantitative estimate of drug-likeness (QED) is 0.393. The molecule has 37 heavy (non-hydrogen) atoms. The Morgan fingerprint density at radius 3 is 2.51 bits per heavy atom. The number of aromatic nitrogens is 2. The number of methoxy groups -OCH3 is 1. The Labute approximate surface area is 221 Å². The second-order valence-electron chi connectivity index (χ2n) is 10.2. The second-order valence-corrected chi connectivity index (χ2v) is 10.6. The molecule has 2 fully saturated rings. The van der Waals surface area contributed by atoms with Crippen LogP contribution in [0, 0.1) is 23.1 Å². The summed E-state index contributed by atoms with van der Waals surface area (Å²) in [4.78, 5) is 22.0. The normalized spacial score (nSPS) is 19.5. The van der Waals surface area contributed by atoms with Gasteiger partial charge in [0, 0.05) is 44.5 Å². The summed E-state index contributed by atoms with van der Waals surface area (Å²) in [6.07, 6.45) is 6.14. The maximum Gasteiger partial charge on any atom is 0.270 e. The average molecular weight is 524 g/mol. The van der Waals surface area contributed by atoms with Crippen LogP contribution in [0.15, 0.2) is 35.1 Å². The van der Waals surface area contributed by atoms with Crippen LogP contribution < -0.4 is 20.1 Å². The van der Waals surface area contributed by atoms with E-state index in [4.69, 9.17) is 16.3 Å². The van der Waals surface area contributed by atoms with E-state index < -0.39 is 0 Å². The van der Waals surface area contributed by atoms with E-state index >= 15 is 0 Å². The highest BCUT2D eigenvalue weighted by Gasteiger charge is 2.34. The molecule has 0 radical (unpaired) electrons. The summed E-state index contributed by atoms with van der Waals surface area (Å²) in [6.45, 7) is 0.959. The third-order valence-corrected chi connectivity index (χ3v) is 8.13. The molecule has 2 aromatic heterocycles. The summed E-state index contributed by atoms with van der Waals surface area (Å²) >= 11 is 6.22. The van der Waals surface area contributed by atoms with Crippen LogP contribution in [0.1, 0.15) is 44.1 Å². The number of fused-ring (bicyclic) bond motifs is 1. The molecule has 0 aliphatic heterocycles. The van der Waals surface area contributed by atoms with E-state index in [1.165, 1.54) is 30.6 Å². The Morgan fingerprint density at radius 1 is 1.16 bits per heavy atom. The third kappa shape index (κ3) is 4.85. The molecule has 3 aromatic rings. The van der Waals surface area contributed by atoms with E-state index in [1.54, 1.807) is 25.2 Å². The molecular formula is C28H31ClFN5O2. The molecule has 0 saturated heterocycles. The van der Waals surface area contributed by atoms with Crippen molar-refractivity contribution >= 4 is 34.0 Å². The number of benzene rings is 1. The number of rotatable bonds is 7. The Balaban J connectivity index is 1.41. The molecule has 0 bridgehead atoms. The van der Waals surface area contributed by atoms with Crippen molar-refractivity contribution in [2.24, 2.45) is 13.0 Å². The highest BCUT2D eigenvalue weighted by Crippen LogP contribution is 2.38. The fraction of sp³-hybridized carbons (Fsp3) is 0.464. The van der Waals surface area contributed by atoms with Crippen LogP contribution in [0.4, 0.5) is 15.8 Å². The van der Waals surface area contributed by atoms with Crippen molar-refractivity contribution in [3.8, 4) is 11.8 Å². The lowest BCUT2D eigenvalue weighted by molar-refractivity contribution is 0.363. The van der Waals surface area contributed by atoms with Gasteiger partial charge in [-0.15, -0.1) is 0 Å². The SMILES string of the molecule is COc1cc(N(CC2CC2)C2CCC(N(C)c3c(C#N)c(=O)n(C)c4ccc(Cl)nc34)CC2)ccc1F. The monoisotopic (exact) mass is 523 g/mol. The number of hydrogen-bond donors (Lipinski definition) is 0. The first-order chi connectivity index (χ1) is 17.8. The standard InChI is InChI=1S/C28H31ClFN5O2/c1-33(27-21(15-31)28(36)34(2)23-12-13-25(29)32-26(23)27)18-6-8-19(9-7-18)35(16-17-4-5-17)20-10-11-22(30)24(14-20)37-3/h10-14,17-19H,4-9,16H2,1-3H3. The van der Waals surface area contributed by atoms with E-state index in [0.29, 0.717) is 33.8 Å². The first kappa shape index (κ1) is 25.3. The molecule has 0 amide bonds. The number of anilines is 2. The maximum atomic E-state index is 14.1. The summed E-state index contributed by atoms with van der Waals surface area (Å²) in [5.41, 5.74) is 2.49. The van der Waals surface area contributed by atoms with Crippen molar-refractivity contribution in [3.63, 3.8) is 0 Å². The van der Waals surface area contributed by atoms with Gasteiger partial charge in [-0.3, -0.25) is 4.79 Å². The van der Waals surface area contributed by atoms with E-state index in [1.807, 2.05) is 18.0 Å². The molecule has 5 rings (SSSR count). The molecule has 194 valence electrons. The molecule has 1 aromatic carbocycles. The van der Waals surface area contributed by atoms with Crippen LogP contribution in [0.25, 0.3) is 11.0 Å². The van der Waals surface area contributed by atoms with Crippen molar-refractivity contribution in [1.82, 2.24) is 9.55 Å². The van der Waals surface area contributed by atoms with E-state index in [0.717, 1.165) is 37.9 Å². The lowest BCUT2D eigenvalue weighted by atomic mass is 9.88. The molecule has 2 aliphatic rings. The molecule has 7 nitrogen and oxygen atoms in total. The van der Waals surface area contributed by atoms with Gasteiger partial charge < -0.3 is 19.1 Å². The van der Waals surface area contributed by atoms with Gasteiger partial charge >= 0.3 is 0 Å². The van der Waals surface area contributed by atoms with Gasteiger partial charge in [0.2, 0.25) is 0 Å². The van der Waals surface area contributed by atoms with E-state index in [2.05, 4.69) is 16.0 Å². The van der Waals surface area contributed by atoms with Crippen LogP contribution >= 0.6 is 11.6 Å². The fourth-order valence-corrected chi connectivity index (χ4v) is 5.77. The van der Waals surface area contributed by atoms with Gasteiger partial charge in [0.25, 0.3) is 5.56 Å². The molecular weight excluding hydrogens is 493 g/mol. The number of hydrogen-bond acceptors (Lipinski definition) is 6. The minimum Gasteiger partial charge on any atom is -0.494 e. The van der Waals surface area contributed by atoms with Crippen LogP contribution in [-0.4, -0.2) is 42.3 Å². The van der Waals surface area contributed by atoms with Crippen molar-refractivity contribution in [2.45, 2.75) is 50.6 Å². The number of nitrogens with zero attached hydrogens (tertiary/aromatic N) is 5. The number of pyridine rings is 2. The topological polar surface area (TPSA) is 74.4 Å². The fourth-order valence-electron chi connectivity index (χ4n) is 5.62. The zero-order valence-corrected chi connectivity index (χ0v) is 22.1. The zero-order valence-electron chi connectivity index (χ0n) is 21.4. The summed E-state index contributed by atoms with van der Waals surface area (Å²) in [6, 6.07) is 11.1. The highest BCUT2D eigenvalue weighted by atomic mass is 35.5. The van der Waals surface area contributed by atoms with Crippen LogP contribution in [0.5, 0.6) is 5.75 Å². The number of nitriles is 1. The number of ether oxygens (including phenoxy) is 1. The lowest BCUT2D eigenvalue weighted by Crippen LogP contribution is -2.44. The van der Waals surface area contributed by atoms with Gasteiger partial charge in [0.15, 0.2) is 11.6 Å². The molecule has 0 atom stereocenters. The average Bonchev–Trinajstić information content (AvgIpc) is 3.73. The predicted molar refractivity (Wildman–Crippen MR) is 144 cm³/mol. The van der Waals surface area contributed by atoms with Crippen LogP contribution in [0.3, 0.4) is 0 Å². The highest BCUT2D eigenvalue weighted by molar-refractivity contribution is 6.29. The first-order valence-corrected chi connectivity index (χ1v) is 13.1. The maximum absolute atomic E-state index is 14.1. The Kier molecular flexibility index (Phi) is 7.00. The number of aryl methyl sites for hydroxylation is 1. The summed E-state index contributed by atoms with van der Waals surface area (Å²) in [5, 5.41) is 10.2. The van der Waals surface area contributed by atoms with Crippen molar-refractivity contribution in [3.05, 3.63) is 57.2 Å². The minimum absolute atomic E-state index is 0.0863. The Hall–Kier alpha value is -3.31. The molecule has 0 unspecified atom stereocenters. The molecule has 2 aliphatic carbocycles. The number of halogens is 2. The molecule has 2 saturated carbocycles. The van der Waals surface area contributed by atoms with Gasteiger partial charge in [-0.05, 0) is 68.7 Å². The molecule has 0 spiro atoms. The first-order valence-electron chi connectivity index (χ1n) is 12.7. The van der Waals surface area contributed by atoms with Crippen molar-refractivity contribution in [1.29, 1.82) is 5.26 Å². The molecule has 2 heterocycles. The summed E-state index contributed by atoms with van der Waals surface area (Å²) in [7, 11) is 5.08. The summed E-state index contributed by atoms with van der Waals surface area (Å²) in [5.74, 6) is 0.586. The van der Waals surface area contributed by atoms with Crippen molar-refractivity contribution < 1.29 is 9.13 Å². The predicted octanol–water partition coefficient (Wildman–Crippen LogP) is 5.27. The van der Waals surface area contributed by atoms with Gasteiger partial charge in [0.1, 0.15) is 22.3 Å². The van der Waals surface area contributed by atoms with E-state index in [-0.39, 0.29) is 28.7 Å². The minimum atomic E-state index is -0.355. The molecule has 9 heteroatoms. The Morgan fingerprint density at radius 2 is 1.86 bits per heavy atom. The largest absolute Gasteiger partial charge is 0.494 e. The van der Waals surface area contributed by atoms with Crippen molar-refractivity contribution in [2.75, 3.05) is 30.5 Å². The van der Waals surface area contributed by atoms with Gasteiger partial charge in [-0.1, -0.05) is 11.6 Å². The van der Waals surface area contributed by atoms with Crippen LogP contribution in [0.2, 0.25) is 5.15 Å².